The third-order valence-electron chi connectivity index (χ3n) is 7.54. The molecule has 3 aliphatic rings. The summed E-state index contributed by atoms with van der Waals surface area (Å²) in [5.74, 6) is -0.630. The van der Waals surface area contributed by atoms with Crippen molar-refractivity contribution in [3.05, 3.63) is 102 Å². The molecule has 4 aromatic rings. The molecular weight excluding hydrogens is 593 g/mol. The molecule has 45 heavy (non-hydrogen) atoms. The summed E-state index contributed by atoms with van der Waals surface area (Å²) in [6, 6.07) is 22.1. The Bertz CT molecular complexity index is 1680. The largest absolute Gasteiger partial charge is 0.491 e. The SMILES string of the molecule is O=C(Oc1ccc2c(c1)C(C(F)(F)F)c1cc(OCOc3ccc(OCC4CO4)cc3)ccc1-2)c1ccc(OCC2CO2)cc1. The molecule has 2 aliphatic heterocycles. The fourth-order valence-electron chi connectivity index (χ4n) is 5.08. The first-order valence-corrected chi connectivity index (χ1v) is 14.3. The molecule has 232 valence electrons. The van der Waals surface area contributed by atoms with Crippen LogP contribution in [0.4, 0.5) is 13.2 Å². The summed E-state index contributed by atoms with van der Waals surface area (Å²) in [5.41, 5.74) is 1.12. The van der Waals surface area contributed by atoms with E-state index in [0.29, 0.717) is 54.8 Å². The average molecular weight is 621 g/mol. The van der Waals surface area contributed by atoms with Gasteiger partial charge in [-0.3, -0.25) is 0 Å². The van der Waals surface area contributed by atoms with E-state index < -0.39 is 18.1 Å². The van der Waals surface area contributed by atoms with Crippen molar-refractivity contribution in [3.8, 4) is 39.9 Å². The highest BCUT2D eigenvalue weighted by atomic mass is 19.4. The lowest BCUT2D eigenvalue weighted by atomic mass is 9.96. The maximum atomic E-state index is 14.5. The van der Waals surface area contributed by atoms with Crippen molar-refractivity contribution >= 4 is 5.97 Å². The Morgan fingerprint density at radius 2 is 1.09 bits per heavy atom. The Hall–Kier alpha value is -4.74. The molecule has 0 amide bonds. The molecule has 3 atom stereocenters. The molecule has 3 unspecified atom stereocenters. The zero-order valence-electron chi connectivity index (χ0n) is 23.8. The van der Waals surface area contributed by atoms with E-state index in [9.17, 15) is 18.0 Å². The van der Waals surface area contributed by atoms with E-state index in [1.807, 2.05) is 0 Å². The molecule has 2 heterocycles. The number of rotatable bonds is 12. The van der Waals surface area contributed by atoms with Crippen LogP contribution in [0.25, 0.3) is 11.1 Å². The molecule has 0 bridgehead atoms. The minimum absolute atomic E-state index is 0.00204. The summed E-state index contributed by atoms with van der Waals surface area (Å²) in [6.45, 7) is 2.07. The number of hydrogen-bond acceptors (Lipinski definition) is 8. The molecule has 2 saturated heterocycles. The molecule has 11 heteroatoms. The first kappa shape index (κ1) is 29.0. The van der Waals surface area contributed by atoms with Gasteiger partial charge in [0, 0.05) is 0 Å². The lowest BCUT2D eigenvalue weighted by Crippen LogP contribution is -2.20. The van der Waals surface area contributed by atoms with E-state index in [4.69, 9.17) is 33.2 Å². The molecule has 0 spiro atoms. The van der Waals surface area contributed by atoms with Crippen LogP contribution >= 0.6 is 0 Å². The van der Waals surface area contributed by atoms with Gasteiger partial charge in [-0.25, -0.2) is 4.79 Å². The lowest BCUT2D eigenvalue weighted by Gasteiger charge is -2.18. The Balaban J connectivity index is 1.01. The fourth-order valence-corrected chi connectivity index (χ4v) is 5.08. The molecule has 0 N–H and O–H groups in total. The highest BCUT2D eigenvalue weighted by Gasteiger charge is 2.47. The van der Waals surface area contributed by atoms with Crippen molar-refractivity contribution in [2.24, 2.45) is 0 Å². The van der Waals surface area contributed by atoms with Crippen molar-refractivity contribution in [3.63, 3.8) is 0 Å². The van der Waals surface area contributed by atoms with Crippen LogP contribution in [0.3, 0.4) is 0 Å². The van der Waals surface area contributed by atoms with Gasteiger partial charge in [0.2, 0.25) is 6.79 Å². The molecular formula is C34H27F3O8. The number of esters is 1. The zero-order chi connectivity index (χ0) is 31.0. The summed E-state index contributed by atoms with van der Waals surface area (Å²) in [4.78, 5) is 12.8. The van der Waals surface area contributed by atoms with Crippen LogP contribution in [0.5, 0.6) is 28.7 Å². The number of hydrogen-bond donors (Lipinski definition) is 0. The van der Waals surface area contributed by atoms with Gasteiger partial charge in [-0.05, 0) is 95.1 Å². The van der Waals surface area contributed by atoms with E-state index >= 15 is 0 Å². The zero-order valence-corrected chi connectivity index (χ0v) is 23.8. The van der Waals surface area contributed by atoms with Gasteiger partial charge in [0.25, 0.3) is 0 Å². The van der Waals surface area contributed by atoms with Crippen LogP contribution in [0.1, 0.15) is 27.4 Å². The predicted octanol–water partition coefficient (Wildman–Crippen LogP) is 6.55. The molecule has 0 radical (unpaired) electrons. The van der Waals surface area contributed by atoms with Crippen LogP contribution < -0.4 is 23.7 Å². The second kappa shape index (κ2) is 12.0. The summed E-state index contributed by atoms with van der Waals surface area (Å²) in [7, 11) is 0. The van der Waals surface area contributed by atoms with Crippen LogP contribution in [-0.2, 0) is 9.47 Å². The van der Waals surface area contributed by atoms with Gasteiger partial charge >= 0.3 is 12.1 Å². The smallest absolute Gasteiger partial charge is 0.399 e. The van der Waals surface area contributed by atoms with Crippen LogP contribution in [-0.4, -0.2) is 57.6 Å². The van der Waals surface area contributed by atoms with Crippen molar-refractivity contribution in [2.45, 2.75) is 24.3 Å². The second-order valence-corrected chi connectivity index (χ2v) is 10.8. The Kier molecular flexibility index (Phi) is 7.72. The minimum atomic E-state index is -4.60. The molecule has 8 nitrogen and oxygen atoms in total. The molecule has 0 aromatic heterocycles. The highest BCUT2D eigenvalue weighted by molar-refractivity contribution is 5.91. The van der Waals surface area contributed by atoms with E-state index in [0.717, 1.165) is 0 Å². The molecule has 4 aromatic carbocycles. The lowest BCUT2D eigenvalue weighted by molar-refractivity contribution is -0.140. The first-order valence-electron chi connectivity index (χ1n) is 14.3. The predicted molar refractivity (Wildman–Crippen MR) is 154 cm³/mol. The van der Waals surface area contributed by atoms with Gasteiger partial charge < -0.3 is 33.2 Å². The molecule has 2 fully saturated rings. The van der Waals surface area contributed by atoms with Crippen molar-refractivity contribution in [1.82, 2.24) is 0 Å². The Labute approximate surface area is 256 Å². The second-order valence-electron chi connectivity index (χ2n) is 10.8. The number of halogens is 3. The van der Waals surface area contributed by atoms with Crippen molar-refractivity contribution in [1.29, 1.82) is 0 Å². The highest BCUT2D eigenvalue weighted by Crippen LogP contribution is 2.53. The molecule has 1 aliphatic carbocycles. The normalized spacial score (nSPS) is 19.2. The standard InChI is InChI=1S/C34H27F3O8/c35-34(36,37)32-30-13-24(44-19-43-23-7-5-22(6-8-23)40-16-27-18-42-27)9-11-28(30)29-12-10-25(14-31(29)32)45-33(38)20-1-3-21(4-2-20)39-15-26-17-41-26/h1-14,26-27,32H,15-19H2. The van der Waals surface area contributed by atoms with Gasteiger partial charge in [0.05, 0.1) is 18.8 Å². The van der Waals surface area contributed by atoms with Gasteiger partial charge in [-0.2, -0.15) is 13.2 Å². The van der Waals surface area contributed by atoms with Crippen LogP contribution in [0, 0.1) is 0 Å². The summed E-state index contributed by atoms with van der Waals surface area (Å²) in [6.07, 6.45) is -4.36. The Morgan fingerprint density at radius 3 is 1.62 bits per heavy atom. The maximum absolute atomic E-state index is 14.5. The number of carbonyl (C=O) groups is 1. The number of benzene rings is 4. The fraction of sp³-hybridized carbons (Fsp3) is 0.265. The van der Waals surface area contributed by atoms with E-state index in [-0.39, 0.29) is 47.2 Å². The minimum Gasteiger partial charge on any atom is -0.491 e. The van der Waals surface area contributed by atoms with Crippen LogP contribution in [0.15, 0.2) is 84.9 Å². The van der Waals surface area contributed by atoms with E-state index in [1.165, 1.54) is 36.4 Å². The Morgan fingerprint density at radius 1 is 0.644 bits per heavy atom. The number of alkyl halides is 3. The number of fused-ring (bicyclic) bond motifs is 3. The number of carbonyl (C=O) groups excluding carboxylic acids is 1. The first-order chi connectivity index (χ1) is 21.8. The van der Waals surface area contributed by atoms with Crippen molar-refractivity contribution in [2.75, 3.05) is 33.2 Å². The average Bonchev–Trinajstić information content (AvgIpc) is 3.97. The third kappa shape index (κ3) is 6.84. The summed E-state index contributed by atoms with van der Waals surface area (Å²) >= 11 is 0. The van der Waals surface area contributed by atoms with Gasteiger partial charge in [-0.15, -0.1) is 0 Å². The quantitative estimate of drug-likeness (QED) is 0.0763. The summed E-state index contributed by atoms with van der Waals surface area (Å²) in [5, 5.41) is 0. The van der Waals surface area contributed by atoms with Gasteiger partial charge in [0.15, 0.2) is 0 Å². The van der Waals surface area contributed by atoms with E-state index in [1.54, 1.807) is 48.5 Å². The van der Waals surface area contributed by atoms with Gasteiger partial charge in [-0.1, -0.05) is 12.1 Å². The monoisotopic (exact) mass is 620 g/mol. The molecule has 7 rings (SSSR count). The summed E-state index contributed by atoms with van der Waals surface area (Å²) < 4.78 is 81.5. The topological polar surface area (TPSA) is 88.3 Å². The van der Waals surface area contributed by atoms with Gasteiger partial charge in [0.1, 0.15) is 60.1 Å². The number of ether oxygens (including phenoxy) is 7. The third-order valence-corrected chi connectivity index (χ3v) is 7.54. The van der Waals surface area contributed by atoms with Crippen LogP contribution in [0.2, 0.25) is 0 Å². The van der Waals surface area contributed by atoms with Crippen molar-refractivity contribution < 1.29 is 51.1 Å². The number of epoxide rings is 2. The maximum Gasteiger partial charge on any atom is 0.399 e. The van der Waals surface area contributed by atoms with E-state index in [2.05, 4.69) is 0 Å². The molecule has 0 saturated carbocycles.